The SMILES string of the molecule is COC(=O)CCCCNC(=O)NCCC(=O)NC1CCCCC1. The van der Waals surface area contributed by atoms with E-state index in [-0.39, 0.29) is 17.9 Å². The first kappa shape index (κ1) is 19.3. The Bertz CT molecular complexity index is 382. The van der Waals surface area contributed by atoms with Crippen LogP contribution in [-0.2, 0) is 14.3 Å². The van der Waals surface area contributed by atoms with Gasteiger partial charge in [-0.3, -0.25) is 9.59 Å². The molecule has 1 aliphatic carbocycles. The second-order valence-electron chi connectivity index (χ2n) is 5.87. The van der Waals surface area contributed by atoms with Gasteiger partial charge < -0.3 is 20.7 Å². The van der Waals surface area contributed by atoms with Crippen LogP contribution in [0.25, 0.3) is 0 Å². The van der Waals surface area contributed by atoms with E-state index >= 15 is 0 Å². The number of esters is 1. The summed E-state index contributed by atoms with van der Waals surface area (Å²) in [5.74, 6) is -0.242. The highest BCUT2D eigenvalue weighted by Gasteiger charge is 2.15. The Morgan fingerprint density at radius 2 is 1.65 bits per heavy atom. The summed E-state index contributed by atoms with van der Waals surface area (Å²) in [6.45, 7) is 0.823. The van der Waals surface area contributed by atoms with Crippen LogP contribution in [0.1, 0.15) is 57.8 Å². The van der Waals surface area contributed by atoms with Crippen LogP contribution in [0, 0.1) is 0 Å². The summed E-state index contributed by atoms with van der Waals surface area (Å²) in [5.41, 5.74) is 0. The van der Waals surface area contributed by atoms with Crippen LogP contribution in [0.15, 0.2) is 0 Å². The van der Waals surface area contributed by atoms with Crippen molar-refractivity contribution in [3.8, 4) is 0 Å². The molecule has 0 atom stereocenters. The van der Waals surface area contributed by atoms with Gasteiger partial charge in [0.2, 0.25) is 5.91 Å². The summed E-state index contributed by atoms with van der Waals surface area (Å²) in [6.07, 6.45) is 7.79. The number of hydrogen-bond donors (Lipinski definition) is 3. The number of rotatable bonds is 9. The standard InChI is InChI=1S/C16H29N3O4/c1-23-15(21)9-5-6-11-17-16(22)18-12-10-14(20)19-13-7-3-2-4-8-13/h13H,2-12H2,1H3,(H,19,20)(H2,17,18,22). The van der Waals surface area contributed by atoms with Crippen molar-refractivity contribution in [2.45, 2.75) is 63.8 Å². The van der Waals surface area contributed by atoms with Crippen molar-refractivity contribution in [2.24, 2.45) is 0 Å². The lowest BCUT2D eigenvalue weighted by Crippen LogP contribution is -2.40. The topological polar surface area (TPSA) is 96.5 Å². The molecule has 132 valence electrons. The van der Waals surface area contributed by atoms with Crippen LogP contribution in [0.5, 0.6) is 0 Å². The molecule has 1 aliphatic rings. The third kappa shape index (κ3) is 9.76. The third-order valence-corrected chi connectivity index (χ3v) is 3.93. The molecule has 0 heterocycles. The Balaban J connectivity index is 1.96. The smallest absolute Gasteiger partial charge is 0.314 e. The van der Waals surface area contributed by atoms with Crippen LogP contribution in [-0.4, -0.2) is 44.1 Å². The lowest BCUT2D eigenvalue weighted by atomic mass is 9.95. The maximum Gasteiger partial charge on any atom is 0.314 e. The monoisotopic (exact) mass is 327 g/mol. The first-order chi connectivity index (χ1) is 11.1. The summed E-state index contributed by atoms with van der Waals surface area (Å²) in [6, 6.07) is 0.0217. The molecule has 1 saturated carbocycles. The number of nitrogens with one attached hydrogen (secondary N) is 3. The molecular formula is C16H29N3O4. The average molecular weight is 327 g/mol. The van der Waals surface area contributed by atoms with Gasteiger partial charge in [0.05, 0.1) is 7.11 Å². The molecule has 23 heavy (non-hydrogen) atoms. The van der Waals surface area contributed by atoms with E-state index in [1.54, 1.807) is 0 Å². The number of amides is 3. The van der Waals surface area contributed by atoms with E-state index in [0.717, 1.165) is 12.8 Å². The maximum absolute atomic E-state index is 11.8. The zero-order chi connectivity index (χ0) is 16.9. The Kier molecular flexibility index (Phi) is 9.83. The number of carbonyl (C=O) groups excluding carboxylic acids is 3. The highest BCUT2D eigenvalue weighted by atomic mass is 16.5. The van der Waals surface area contributed by atoms with E-state index in [4.69, 9.17) is 0 Å². The molecule has 1 rings (SSSR count). The van der Waals surface area contributed by atoms with Crippen molar-refractivity contribution < 1.29 is 19.1 Å². The van der Waals surface area contributed by atoms with Crippen molar-refractivity contribution in [1.29, 1.82) is 0 Å². The number of hydrogen-bond acceptors (Lipinski definition) is 4. The fourth-order valence-electron chi connectivity index (χ4n) is 2.60. The largest absolute Gasteiger partial charge is 0.469 e. The predicted octanol–water partition coefficient (Wildman–Crippen LogP) is 1.47. The molecule has 0 aromatic carbocycles. The van der Waals surface area contributed by atoms with Gasteiger partial charge >= 0.3 is 12.0 Å². The molecule has 3 amide bonds. The van der Waals surface area contributed by atoms with Crippen molar-refractivity contribution in [3.63, 3.8) is 0 Å². The molecule has 0 aliphatic heterocycles. The van der Waals surface area contributed by atoms with Crippen molar-refractivity contribution in [2.75, 3.05) is 20.2 Å². The molecule has 7 heteroatoms. The zero-order valence-electron chi connectivity index (χ0n) is 14.0. The van der Waals surface area contributed by atoms with Crippen molar-refractivity contribution in [1.82, 2.24) is 16.0 Å². The summed E-state index contributed by atoms with van der Waals surface area (Å²) < 4.78 is 4.53. The van der Waals surface area contributed by atoms with Crippen molar-refractivity contribution in [3.05, 3.63) is 0 Å². The normalized spacial score (nSPS) is 14.8. The Labute approximate surface area is 137 Å². The minimum Gasteiger partial charge on any atom is -0.469 e. The summed E-state index contributed by atoms with van der Waals surface area (Å²) in [5, 5.41) is 8.37. The van der Waals surface area contributed by atoms with E-state index in [1.807, 2.05) is 0 Å². The number of carbonyl (C=O) groups is 3. The van der Waals surface area contributed by atoms with Crippen LogP contribution in [0.2, 0.25) is 0 Å². The van der Waals surface area contributed by atoms with Gasteiger partial charge in [0, 0.05) is 32.0 Å². The highest BCUT2D eigenvalue weighted by Crippen LogP contribution is 2.17. The van der Waals surface area contributed by atoms with E-state index in [9.17, 15) is 14.4 Å². The van der Waals surface area contributed by atoms with Gasteiger partial charge in [-0.15, -0.1) is 0 Å². The number of urea groups is 1. The minimum atomic E-state index is -0.284. The number of ether oxygens (including phenoxy) is 1. The molecule has 0 saturated heterocycles. The van der Waals surface area contributed by atoms with E-state index in [2.05, 4.69) is 20.7 Å². The molecule has 0 unspecified atom stereocenters. The third-order valence-electron chi connectivity index (χ3n) is 3.93. The molecule has 1 fully saturated rings. The van der Waals surface area contributed by atoms with Crippen molar-refractivity contribution >= 4 is 17.9 Å². The summed E-state index contributed by atoms with van der Waals surface area (Å²) in [4.78, 5) is 34.2. The number of unbranched alkanes of at least 4 members (excludes halogenated alkanes) is 1. The van der Waals surface area contributed by atoms with Gasteiger partial charge in [0.25, 0.3) is 0 Å². The zero-order valence-corrected chi connectivity index (χ0v) is 14.0. The quantitative estimate of drug-likeness (QED) is 0.441. The Morgan fingerprint density at radius 1 is 0.957 bits per heavy atom. The van der Waals surface area contributed by atoms with E-state index < -0.39 is 0 Å². The first-order valence-electron chi connectivity index (χ1n) is 8.49. The molecule has 7 nitrogen and oxygen atoms in total. The predicted molar refractivity (Wildman–Crippen MR) is 86.9 cm³/mol. The van der Waals surface area contributed by atoms with Gasteiger partial charge in [0.1, 0.15) is 0 Å². The number of methoxy groups -OCH3 is 1. The van der Waals surface area contributed by atoms with Crippen LogP contribution >= 0.6 is 0 Å². The maximum atomic E-state index is 11.8. The highest BCUT2D eigenvalue weighted by molar-refractivity contribution is 5.78. The molecule has 0 bridgehead atoms. The lowest BCUT2D eigenvalue weighted by molar-refractivity contribution is -0.140. The van der Waals surface area contributed by atoms with Gasteiger partial charge in [-0.25, -0.2) is 4.79 Å². The van der Waals surface area contributed by atoms with Crippen LogP contribution < -0.4 is 16.0 Å². The fourth-order valence-corrected chi connectivity index (χ4v) is 2.60. The summed E-state index contributed by atoms with van der Waals surface area (Å²) in [7, 11) is 1.36. The molecule has 0 aromatic heterocycles. The Hall–Kier alpha value is -1.79. The van der Waals surface area contributed by atoms with E-state index in [0.29, 0.717) is 44.8 Å². The summed E-state index contributed by atoms with van der Waals surface area (Å²) >= 11 is 0. The van der Waals surface area contributed by atoms with Gasteiger partial charge in [-0.1, -0.05) is 19.3 Å². The Morgan fingerprint density at radius 3 is 2.35 bits per heavy atom. The van der Waals surface area contributed by atoms with E-state index in [1.165, 1.54) is 26.4 Å². The fraction of sp³-hybridized carbons (Fsp3) is 0.812. The average Bonchev–Trinajstić information content (AvgIpc) is 2.55. The van der Waals surface area contributed by atoms with Gasteiger partial charge in [-0.2, -0.15) is 0 Å². The van der Waals surface area contributed by atoms with Gasteiger partial charge in [0.15, 0.2) is 0 Å². The minimum absolute atomic E-state index is 0.00437. The second kappa shape index (κ2) is 11.7. The second-order valence-corrected chi connectivity index (χ2v) is 5.87. The lowest BCUT2D eigenvalue weighted by Gasteiger charge is -2.22. The van der Waals surface area contributed by atoms with Gasteiger partial charge in [-0.05, 0) is 25.7 Å². The van der Waals surface area contributed by atoms with Crippen LogP contribution in [0.3, 0.4) is 0 Å². The molecule has 3 N–H and O–H groups in total. The molecule has 0 aromatic rings. The molecule has 0 radical (unpaired) electrons. The molecule has 0 spiro atoms. The first-order valence-corrected chi connectivity index (χ1v) is 8.49. The van der Waals surface area contributed by atoms with Crippen LogP contribution in [0.4, 0.5) is 4.79 Å². The molecular weight excluding hydrogens is 298 g/mol.